The molecular weight excluding hydrogens is 614 g/mol. The number of nitrogens with zero attached hydrogens (tertiary/aromatic N) is 3. The summed E-state index contributed by atoms with van der Waals surface area (Å²) < 4.78 is 34.8. The standard InChI is InChI=1S/C32H37N5O8S/c1-32(2,3)45-30(38)34-22-10-12-23(13-11-22)36(31(39)40)28-18-26(28)25-15-9-21(20-7-5-4-6-8-20)17-27(25)35-46(43,44)24-14-16-29(33-19-24)37(41)42/h4-9,14-17,19,22-23,26,28,35H,10-13,18H2,1-3H3,(H,34,38)(H,39,40)/t22?,23?,26-,28+/m0/s1. The lowest BCUT2D eigenvalue weighted by molar-refractivity contribution is -0.389. The van der Waals surface area contributed by atoms with Crippen LogP contribution in [0.3, 0.4) is 0 Å². The molecule has 0 radical (unpaired) electrons. The fourth-order valence-corrected chi connectivity index (χ4v) is 7.01. The van der Waals surface area contributed by atoms with Gasteiger partial charge in [-0.15, -0.1) is 0 Å². The van der Waals surface area contributed by atoms with Gasteiger partial charge in [-0.1, -0.05) is 42.5 Å². The van der Waals surface area contributed by atoms with Gasteiger partial charge in [-0.3, -0.25) is 4.72 Å². The van der Waals surface area contributed by atoms with E-state index in [2.05, 4.69) is 15.0 Å². The second-order valence-corrected chi connectivity index (χ2v) is 14.3. The average Bonchev–Trinajstić information content (AvgIpc) is 3.77. The summed E-state index contributed by atoms with van der Waals surface area (Å²) in [5.74, 6) is -0.735. The van der Waals surface area contributed by atoms with Gasteiger partial charge in [0.25, 0.3) is 10.0 Å². The quantitative estimate of drug-likeness (QED) is 0.181. The van der Waals surface area contributed by atoms with Crippen molar-refractivity contribution >= 4 is 33.7 Å². The van der Waals surface area contributed by atoms with Crippen LogP contribution >= 0.6 is 0 Å². The van der Waals surface area contributed by atoms with E-state index < -0.39 is 38.6 Å². The number of hydrogen-bond acceptors (Lipinski definition) is 8. The summed E-state index contributed by atoms with van der Waals surface area (Å²) in [5.41, 5.74) is 1.94. The van der Waals surface area contributed by atoms with E-state index in [4.69, 9.17) is 4.74 Å². The van der Waals surface area contributed by atoms with Gasteiger partial charge in [0.15, 0.2) is 6.20 Å². The van der Waals surface area contributed by atoms with Crippen LogP contribution in [0.2, 0.25) is 0 Å². The van der Waals surface area contributed by atoms with Crippen LogP contribution in [0.1, 0.15) is 64.4 Å². The van der Waals surface area contributed by atoms with Crippen LogP contribution in [0, 0.1) is 10.1 Å². The van der Waals surface area contributed by atoms with Crippen molar-refractivity contribution in [3.8, 4) is 11.1 Å². The highest BCUT2D eigenvalue weighted by Gasteiger charge is 2.49. The van der Waals surface area contributed by atoms with Crippen molar-refractivity contribution in [2.45, 2.75) is 87.4 Å². The molecule has 0 saturated heterocycles. The number of sulfonamides is 1. The number of carboxylic acid groups (broad SMARTS) is 1. The maximum absolute atomic E-state index is 13.4. The van der Waals surface area contributed by atoms with Gasteiger partial charge in [0, 0.05) is 30.1 Å². The Kier molecular flexibility index (Phi) is 9.20. The predicted molar refractivity (Wildman–Crippen MR) is 170 cm³/mol. The smallest absolute Gasteiger partial charge is 0.407 e. The summed E-state index contributed by atoms with van der Waals surface area (Å²) in [6, 6.07) is 16.2. The topological polar surface area (TPSA) is 181 Å². The predicted octanol–water partition coefficient (Wildman–Crippen LogP) is 6.13. The number of carbonyl (C=O) groups is 2. The van der Waals surface area contributed by atoms with Crippen LogP contribution in [0.15, 0.2) is 71.8 Å². The Balaban J connectivity index is 1.36. The van der Waals surface area contributed by atoms with Crippen molar-refractivity contribution in [1.29, 1.82) is 0 Å². The molecule has 0 unspecified atom stereocenters. The number of anilines is 1. The Morgan fingerprint density at radius 1 is 1.02 bits per heavy atom. The van der Waals surface area contributed by atoms with Crippen LogP contribution in [0.25, 0.3) is 11.1 Å². The number of rotatable bonds is 9. The molecule has 14 heteroatoms. The first-order valence-corrected chi connectivity index (χ1v) is 16.5. The minimum Gasteiger partial charge on any atom is -0.465 e. The normalized spacial score (nSPS) is 21.1. The van der Waals surface area contributed by atoms with Crippen LogP contribution < -0.4 is 10.0 Å². The molecule has 2 atom stereocenters. The number of carbonyl (C=O) groups excluding carboxylic acids is 1. The zero-order valence-electron chi connectivity index (χ0n) is 25.8. The molecule has 3 aromatic rings. The molecule has 2 saturated carbocycles. The maximum Gasteiger partial charge on any atom is 0.407 e. The minimum absolute atomic E-state index is 0.114. The first kappa shape index (κ1) is 32.7. The molecule has 0 bridgehead atoms. The Labute approximate surface area is 267 Å². The second kappa shape index (κ2) is 12.9. The number of amides is 2. The van der Waals surface area contributed by atoms with Crippen LogP contribution in [-0.2, 0) is 14.8 Å². The van der Waals surface area contributed by atoms with Crippen molar-refractivity contribution in [3.63, 3.8) is 0 Å². The van der Waals surface area contributed by atoms with Crippen molar-refractivity contribution < 1.29 is 32.8 Å². The third kappa shape index (κ3) is 7.73. The van der Waals surface area contributed by atoms with E-state index in [-0.39, 0.29) is 28.9 Å². The minimum atomic E-state index is -4.19. The van der Waals surface area contributed by atoms with Gasteiger partial charge in [-0.2, -0.15) is 0 Å². The third-order valence-corrected chi connectivity index (χ3v) is 9.52. The van der Waals surface area contributed by atoms with E-state index >= 15 is 0 Å². The van der Waals surface area contributed by atoms with Gasteiger partial charge in [-0.25, -0.2) is 18.0 Å². The van der Waals surface area contributed by atoms with E-state index in [9.17, 15) is 33.2 Å². The molecule has 244 valence electrons. The first-order chi connectivity index (χ1) is 21.7. The number of nitrogens with one attached hydrogen (secondary N) is 2. The zero-order valence-corrected chi connectivity index (χ0v) is 26.6. The summed E-state index contributed by atoms with van der Waals surface area (Å²) in [5, 5.41) is 24.2. The zero-order chi connectivity index (χ0) is 33.2. The number of alkyl carbamates (subject to hydrolysis) is 1. The van der Waals surface area contributed by atoms with E-state index in [0.717, 1.165) is 29.5 Å². The monoisotopic (exact) mass is 651 g/mol. The molecule has 1 aromatic heterocycles. The molecule has 2 amide bonds. The van der Waals surface area contributed by atoms with E-state index in [1.807, 2.05) is 42.5 Å². The Hall–Kier alpha value is -4.72. The van der Waals surface area contributed by atoms with Gasteiger partial charge in [0.2, 0.25) is 0 Å². The second-order valence-electron chi connectivity index (χ2n) is 12.6. The van der Waals surface area contributed by atoms with Crippen LogP contribution in [0.4, 0.5) is 21.1 Å². The Bertz CT molecular complexity index is 1700. The lowest BCUT2D eigenvalue weighted by Gasteiger charge is -2.36. The summed E-state index contributed by atoms with van der Waals surface area (Å²) in [7, 11) is -4.19. The number of ether oxygens (including phenoxy) is 1. The molecule has 2 aliphatic carbocycles. The summed E-state index contributed by atoms with van der Waals surface area (Å²) >= 11 is 0. The largest absolute Gasteiger partial charge is 0.465 e. The number of benzene rings is 2. The molecule has 0 aliphatic heterocycles. The molecule has 0 spiro atoms. The lowest BCUT2D eigenvalue weighted by Crippen LogP contribution is -2.47. The first-order valence-electron chi connectivity index (χ1n) is 15.1. The van der Waals surface area contributed by atoms with E-state index in [0.29, 0.717) is 43.4 Å². The molecule has 1 heterocycles. The molecule has 2 fully saturated rings. The van der Waals surface area contributed by atoms with Gasteiger partial charge in [-0.05, 0) is 91.6 Å². The lowest BCUT2D eigenvalue weighted by atomic mass is 9.90. The van der Waals surface area contributed by atoms with Gasteiger partial charge >= 0.3 is 18.0 Å². The summed E-state index contributed by atoms with van der Waals surface area (Å²) in [6.45, 7) is 5.37. The van der Waals surface area contributed by atoms with Gasteiger partial charge < -0.3 is 30.2 Å². The van der Waals surface area contributed by atoms with Crippen molar-refractivity contribution in [1.82, 2.24) is 15.2 Å². The highest BCUT2D eigenvalue weighted by molar-refractivity contribution is 7.92. The third-order valence-electron chi connectivity index (χ3n) is 8.17. The molecular formula is C32H37N5O8S. The van der Waals surface area contributed by atoms with Crippen LogP contribution in [-0.4, -0.2) is 64.2 Å². The molecule has 3 N–H and O–H groups in total. The van der Waals surface area contributed by atoms with Crippen molar-refractivity contribution in [2.24, 2.45) is 0 Å². The molecule has 2 aromatic carbocycles. The summed E-state index contributed by atoms with van der Waals surface area (Å²) in [4.78, 5) is 40.0. The fourth-order valence-electron chi connectivity index (χ4n) is 5.99. The SMILES string of the molecule is CC(C)(C)OC(=O)NC1CCC(N(C(=O)O)[C@@H]2C[C@H]2c2ccc(-c3ccccc3)cc2NS(=O)(=O)c2ccc([N+](=O)[O-])nc2)CC1. The maximum atomic E-state index is 13.4. The van der Waals surface area contributed by atoms with E-state index in [1.54, 1.807) is 26.8 Å². The molecule has 46 heavy (non-hydrogen) atoms. The van der Waals surface area contributed by atoms with Gasteiger partial charge in [0.05, 0.1) is 5.69 Å². The average molecular weight is 652 g/mol. The fraction of sp³-hybridized carbons (Fsp3) is 0.406. The van der Waals surface area contributed by atoms with Gasteiger partial charge in [0.1, 0.15) is 10.5 Å². The van der Waals surface area contributed by atoms with E-state index in [1.165, 1.54) is 4.90 Å². The number of nitro groups is 1. The van der Waals surface area contributed by atoms with Crippen molar-refractivity contribution in [3.05, 3.63) is 82.5 Å². The Morgan fingerprint density at radius 3 is 2.30 bits per heavy atom. The highest BCUT2D eigenvalue weighted by Crippen LogP contribution is 2.50. The summed E-state index contributed by atoms with van der Waals surface area (Å²) in [6.07, 6.45) is 2.24. The highest BCUT2D eigenvalue weighted by atomic mass is 32.2. The number of hydrogen-bond donors (Lipinski definition) is 3. The molecule has 2 aliphatic rings. The Morgan fingerprint density at radius 2 is 1.72 bits per heavy atom. The number of pyridine rings is 1. The van der Waals surface area contributed by atoms with Crippen molar-refractivity contribution in [2.75, 3.05) is 4.72 Å². The van der Waals surface area contributed by atoms with Crippen LogP contribution in [0.5, 0.6) is 0 Å². The molecule has 13 nitrogen and oxygen atoms in total. The molecule has 5 rings (SSSR count). The number of aromatic nitrogens is 1.